The lowest BCUT2D eigenvalue weighted by Crippen LogP contribution is -2.33. The molecule has 0 saturated heterocycles. The molecular formula is C21H19F3N2O4. The second-order valence-corrected chi connectivity index (χ2v) is 6.41. The maximum absolute atomic E-state index is 13.0. The summed E-state index contributed by atoms with van der Waals surface area (Å²) in [5.74, 6) is -0.960. The summed E-state index contributed by atoms with van der Waals surface area (Å²) in [4.78, 5) is 27.0. The van der Waals surface area contributed by atoms with Gasteiger partial charge in [0, 0.05) is 17.8 Å². The third kappa shape index (κ3) is 4.40. The average Bonchev–Trinajstić information content (AvgIpc) is 2.93. The highest BCUT2D eigenvalue weighted by Crippen LogP contribution is 2.35. The molecule has 3 rings (SSSR count). The zero-order valence-electron chi connectivity index (χ0n) is 16.2. The van der Waals surface area contributed by atoms with Crippen LogP contribution in [-0.4, -0.2) is 36.7 Å². The first-order valence-electron chi connectivity index (χ1n) is 9.12. The molecule has 0 bridgehead atoms. The summed E-state index contributed by atoms with van der Waals surface area (Å²) >= 11 is 0. The summed E-state index contributed by atoms with van der Waals surface area (Å²) in [5.41, 5.74) is 0.937. The standard InChI is InChI=1S/C21H19F3N2O4/c1-3-12-26-19(27)17(15-6-4-5-7-16(15)29-2)18(20(26)28)25-13-8-10-14(11-9-13)30-21(22,23)24/h4-11,25H,3,12H2,1-2H3. The minimum absolute atomic E-state index is 0.0300. The normalized spacial score (nSPS) is 14.4. The van der Waals surface area contributed by atoms with Crippen LogP contribution in [0.5, 0.6) is 11.5 Å². The number of benzene rings is 2. The molecule has 0 aliphatic carbocycles. The van der Waals surface area contributed by atoms with Gasteiger partial charge in [-0.05, 0) is 36.8 Å². The summed E-state index contributed by atoms with van der Waals surface area (Å²) < 4.78 is 46.2. The number of nitrogens with zero attached hydrogens (tertiary/aromatic N) is 1. The number of carbonyl (C=O) groups excluding carboxylic acids is 2. The van der Waals surface area contributed by atoms with Crippen molar-refractivity contribution in [3.05, 3.63) is 59.8 Å². The lowest BCUT2D eigenvalue weighted by molar-refractivity contribution is -0.274. The van der Waals surface area contributed by atoms with Gasteiger partial charge in [0.1, 0.15) is 17.2 Å². The molecule has 1 aliphatic heterocycles. The van der Waals surface area contributed by atoms with Gasteiger partial charge in [-0.25, -0.2) is 0 Å². The van der Waals surface area contributed by atoms with E-state index in [4.69, 9.17) is 4.74 Å². The van der Waals surface area contributed by atoms with Gasteiger partial charge >= 0.3 is 6.36 Å². The summed E-state index contributed by atoms with van der Waals surface area (Å²) in [6, 6.07) is 11.7. The first kappa shape index (κ1) is 21.2. The third-order valence-electron chi connectivity index (χ3n) is 4.35. The largest absolute Gasteiger partial charge is 0.573 e. The van der Waals surface area contributed by atoms with Crippen LogP contribution in [0.15, 0.2) is 54.2 Å². The highest BCUT2D eigenvalue weighted by molar-refractivity contribution is 6.37. The van der Waals surface area contributed by atoms with E-state index >= 15 is 0 Å². The van der Waals surface area contributed by atoms with E-state index in [1.54, 1.807) is 24.3 Å². The first-order chi connectivity index (χ1) is 14.2. The van der Waals surface area contributed by atoms with Crippen molar-refractivity contribution in [3.63, 3.8) is 0 Å². The Morgan fingerprint density at radius 2 is 1.67 bits per heavy atom. The molecule has 0 radical (unpaired) electrons. The lowest BCUT2D eigenvalue weighted by atomic mass is 10.0. The molecule has 2 amide bonds. The van der Waals surface area contributed by atoms with Gasteiger partial charge in [-0.1, -0.05) is 25.1 Å². The fraction of sp³-hybridized carbons (Fsp3) is 0.238. The molecule has 1 heterocycles. The van der Waals surface area contributed by atoms with Gasteiger partial charge in [-0.3, -0.25) is 14.5 Å². The number of rotatable bonds is 7. The predicted molar refractivity (Wildman–Crippen MR) is 104 cm³/mol. The molecular weight excluding hydrogens is 401 g/mol. The Morgan fingerprint density at radius 1 is 1.00 bits per heavy atom. The molecule has 0 aromatic heterocycles. The second kappa shape index (κ2) is 8.48. The van der Waals surface area contributed by atoms with Crippen molar-refractivity contribution in [2.45, 2.75) is 19.7 Å². The zero-order chi connectivity index (χ0) is 21.9. The molecule has 0 fully saturated rings. The summed E-state index contributed by atoms with van der Waals surface area (Å²) in [6.45, 7) is 2.08. The fourth-order valence-electron chi connectivity index (χ4n) is 3.10. The molecule has 0 unspecified atom stereocenters. The summed E-state index contributed by atoms with van der Waals surface area (Å²) in [7, 11) is 1.46. The quantitative estimate of drug-likeness (QED) is 0.681. The van der Waals surface area contributed by atoms with E-state index in [0.29, 0.717) is 23.4 Å². The monoisotopic (exact) mass is 420 g/mol. The Morgan fingerprint density at radius 3 is 2.27 bits per heavy atom. The second-order valence-electron chi connectivity index (χ2n) is 6.41. The van der Waals surface area contributed by atoms with Crippen LogP contribution in [0.2, 0.25) is 0 Å². The summed E-state index contributed by atoms with van der Waals surface area (Å²) in [5, 5.41) is 2.87. The van der Waals surface area contributed by atoms with Gasteiger partial charge in [0.25, 0.3) is 11.8 Å². The van der Waals surface area contributed by atoms with Crippen LogP contribution < -0.4 is 14.8 Å². The maximum atomic E-state index is 13.0. The van der Waals surface area contributed by atoms with Crippen LogP contribution in [0.4, 0.5) is 18.9 Å². The van der Waals surface area contributed by atoms with Gasteiger partial charge in [0.15, 0.2) is 0 Å². The minimum Gasteiger partial charge on any atom is -0.496 e. The highest BCUT2D eigenvalue weighted by atomic mass is 19.4. The van der Waals surface area contributed by atoms with E-state index in [0.717, 1.165) is 17.0 Å². The van der Waals surface area contributed by atoms with Crippen LogP contribution >= 0.6 is 0 Å². The number of para-hydroxylation sites is 1. The van der Waals surface area contributed by atoms with Gasteiger partial charge in [0.05, 0.1) is 12.7 Å². The number of alkyl halides is 3. The van der Waals surface area contributed by atoms with Crippen molar-refractivity contribution in [2.24, 2.45) is 0 Å². The van der Waals surface area contributed by atoms with Crippen molar-refractivity contribution in [1.29, 1.82) is 0 Å². The molecule has 2 aromatic carbocycles. The van der Waals surface area contributed by atoms with E-state index < -0.39 is 23.9 Å². The van der Waals surface area contributed by atoms with Crippen molar-refractivity contribution in [2.75, 3.05) is 19.0 Å². The van der Waals surface area contributed by atoms with Gasteiger partial charge in [-0.15, -0.1) is 13.2 Å². The molecule has 158 valence electrons. The third-order valence-corrected chi connectivity index (χ3v) is 4.35. The van der Waals surface area contributed by atoms with Crippen molar-refractivity contribution in [3.8, 4) is 11.5 Å². The van der Waals surface area contributed by atoms with Crippen molar-refractivity contribution >= 4 is 23.1 Å². The molecule has 0 spiro atoms. The molecule has 0 saturated carbocycles. The first-order valence-corrected chi connectivity index (χ1v) is 9.12. The van der Waals surface area contributed by atoms with E-state index in [1.165, 1.54) is 19.2 Å². The van der Waals surface area contributed by atoms with Gasteiger partial charge < -0.3 is 14.8 Å². The molecule has 30 heavy (non-hydrogen) atoms. The Balaban J connectivity index is 2.00. The number of halogens is 3. The SMILES string of the molecule is CCCN1C(=O)C(Nc2ccc(OC(F)(F)F)cc2)=C(c2ccccc2OC)C1=O. The lowest BCUT2D eigenvalue weighted by Gasteiger charge is -2.14. The number of carbonyl (C=O) groups is 2. The number of ether oxygens (including phenoxy) is 2. The fourth-order valence-corrected chi connectivity index (χ4v) is 3.10. The average molecular weight is 420 g/mol. The zero-order valence-corrected chi connectivity index (χ0v) is 16.2. The summed E-state index contributed by atoms with van der Waals surface area (Å²) in [6.07, 6.45) is -4.23. The van der Waals surface area contributed by atoms with E-state index in [2.05, 4.69) is 10.1 Å². The Bertz CT molecular complexity index is 984. The number of methoxy groups -OCH3 is 1. The Kier molecular flexibility index (Phi) is 6.00. The topological polar surface area (TPSA) is 67.9 Å². The number of nitrogens with one attached hydrogen (secondary N) is 1. The van der Waals surface area contributed by atoms with Crippen LogP contribution in [0.3, 0.4) is 0 Å². The molecule has 9 heteroatoms. The van der Waals surface area contributed by atoms with Crippen LogP contribution in [-0.2, 0) is 9.59 Å². The number of hydrogen-bond donors (Lipinski definition) is 1. The number of imide groups is 1. The van der Waals surface area contributed by atoms with Crippen molar-refractivity contribution < 1.29 is 32.2 Å². The number of amides is 2. The van der Waals surface area contributed by atoms with E-state index in [9.17, 15) is 22.8 Å². The highest BCUT2D eigenvalue weighted by Gasteiger charge is 2.39. The molecule has 1 N–H and O–H groups in total. The van der Waals surface area contributed by atoms with E-state index in [1.807, 2.05) is 6.92 Å². The number of anilines is 1. The van der Waals surface area contributed by atoms with Crippen LogP contribution in [0.25, 0.3) is 5.57 Å². The molecule has 6 nitrogen and oxygen atoms in total. The van der Waals surface area contributed by atoms with Gasteiger partial charge in [0.2, 0.25) is 0 Å². The van der Waals surface area contributed by atoms with Crippen LogP contribution in [0, 0.1) is 0 Å². The smallest absolute Gasteiger partial charge is 0.496 e. The van der Waals surface area contributed by atoms with E-state index in [-0.39, 0.29) is 17.8 Å². The minimum atomic E-state index is -4.80. The van der Waals surface area contributed by atoms with Crippen molar-refractivity contribution in [1.82, 2.24) is 4.90 Å². The maximum Gasteiger partial charge on any atom is 0.573 e. The van der Waals surface area contributed by atoms with Gasteiger partial charge in [-0.2, -0.15) is 0 Å². The Labute approximate surface area is 170 Å². The Hall–Kier alpha value is -3.49. The number of hydrogen-bond acceptors (Lipinski definition) is 5. The molecule has 1 aliphatic rings. The molecule has 0 atom stereocenters. The molecule has 2 aromatic rings. The van der Waals surface area contributed by atoms with Crippen LogP contribution in [0.1, 0.15) is 18.9 Å². The predicted octanol–water partition coefficient (Wildman–Crippen LogP) is 4.20.